The van der Waals surface area contributed by atoms with Gasteiger partial charge in [0.2, 0.25) is 0 Å². The number of amides is 1. The molecule has 1 atom stereocenters. The van der Waals surface area contributed by atoms with Crippen LogP contribution in [-0.4, -0.2) is 25.7 Å². The smallest absolute Gasteiger partial charge is 0.271 e. The number of carbonyl (C=O) groups is 1. The van der Waals surface area contributed by atoms with Crippen molar-refractivity contribution in [1.29, 1.82) is 0 Å². The van der Waals surface area contributed by atoms with Crippen LogP contribution >= 0.6 is 11.3 Å². The molecule has 1 amide bonds. The first-order valence-corrected chi connectivity index (χ1v) is 7.51. The Balaban J connectivity index is 2.11. The summed E-state index contributed by atoms with van der Waals surface area (Å²) < 4.78 is 1.68. The highest BCUT2D eigenvalue weighted by atomic mass is 32.1. The second kappa shape index (κ2) is 6.13. The van der Waals surface area contributed by atoms with Gasteiger partial charge in [0, 0.05) is 18.3 Å². The van der Waals surface area contributed by atoms with Gasteiger partial charge in [0.25, 0.3) is 5.91 Å². The van der Waals surface area contributed by atoms with Crippen molar-refractivity contribution < 1.29 is 4.79 Å². The summed E-state index contributed by atoms with van der Waals surface area (Å²) in [6.45, 7) is 6.13. The number of hydrogen-bond donors (Lipinski definition) is 1. The molecule has 2 aromatic rings. The molecule has 20 heavy (non-hydrogen) atoms. The van der Waals surface area contributed by atoms with Gasteiger partial charge in [-0.1, -0.05) is 20.8 Å². The Morgan fingerprint density at radius 3 is 2.75 bits per heavy atom. The van der Waals surface area contributed by atoms with E-state index in [9.17, 15) is 4.79 Å². The normalized spacial score (nSPS) is 12.7. The zero-order valence-electron chi connectivity index (χ0n) is 12.1. The van der Waals surface area contributed by atoms with Crippen molar-refractivity contribution in [2.75, 3.05) is 0 Å². The lowest BCUT2D eigenvalue weighted by Crippen LogP contribution is -2.30. The number of aromatic nitrogens is 4. The predicted octanol–water partition coefficient (Wildman–Crippen LogP) is 2.28. The Bertz CT molecular complexity index is 589. The monoisotopic (exact) mass is 293 g/mol. The van der Waals surface area contributed by atoms with Crippen molar-refractivity contribution in [3.63, 3.8) is 0 Å². The minimum atomic E-state index is -0.164. The first-order valence-electron chi connectivity index (χ1n) is 6.63. The highest BCUT2D eigenvalue weighted by Gasteiger charge is 2.20. The Morgan fingerprint density at radius 1 is 1.50 bits per heavy atom. The van der Waals surface area contributed by atoms with Crippen LogP contribution in [0.1, 0.15) is 60.5 Å². The van der Waals surface area contributed by atoms with Crippen molar-refractivity contribution in [3.05, 3.63) is 28.2 Å². The Hall–Kier alpha value is -1.76. The van der Waals surface area contributed by atoms with Gasteiger partial charge in [-0.2, -0.15) is 5.10 Å². The van der Waals surface area contributed by atoms with E-state index in [2.05, 4.69) is 34.2 Å². The third-order valence-electron chi connectivity index (χ3n) is 3.02. The molecule has 0 aliphatic heterocycles. The van der Waals surface area contributed by atoms with Crippen molar-refractivity contribution in [2.24, 2.45) is 7.05 Å². The molecule has 0 fully saturated rings. The number of nitrogens with zero attached hydrogens (tertiary/aromatic N) is 4. The quantitative estimate of drug-likeness (QED) is 0.918. The fourth-order valence-corrected chi connectivity index (χ4v) is 2.67. The first-order chi connectivity index (χ1) is 9.52. The Labute approximate surface area is 122 Å². The summed E-state index contributed by atoms with van der Waals surface area (Å²) in [5.74, 6) is 0.922. The van der Waals surface area contributed by atoms with Gasteiger partial charge in [-0.3, -0.25) is 9.48 Å². The molecule has 0 bridgehead atoms. The van der Waals surface area contributed by atoms with Crippen LogP contribution in [0.4, 0.5) is 0 Å². The van der Waals surface area contributed by atoms with E-state index >= 15 is 0 Å². The van der Waals surface area contributed by atoms with Crippen LogP contribution in [0.15, 0.2) is 11.7 Å². The summed E-state index contributed by atoms with van der Waals surface area (Å²) in [5, 5.41) is 9.77. The second-order valence-corrected chi connectivity index (χ2v) is 5.79. The standard InChI is InChI=1S/C13H19N5OS/c1-5-9(11-14-7-15-18(11)4)16-12(19)10-6-20-13(17-10)8(2)3/h6-9H,5H2,1-4H3,(H,16,19). The summed E-state index contributed by atoms with van der Waals surface area (Å²) in [4.78, 5) is 20.8. The van der Waals surface area contributed by atoms with Crippen LogP contribution in [-0.2, 0) is 7.05 Å². The Kier molecular flexibility index (Phi) is 4.49. The average molecular weight is 293 g/mol. The molecular formula is C13H19N5OS. The lowest BCUT2D eigenvalue weighted by atomic mass is 10.2. The molecular weight excluding hydrogens is 274 g/mol. The van der Waals surface area contributed by atoms with E-state index < -0.39 is 0 Å². The van der Waals surface area contributed by atoms with Crippen molar-refractivity contribution in [3.8, 4) is 0 Å². The SMILES string of the molecule is CCC(NC(=O)c1csc(C(C)C)n1)c1ncnn1C. The lowest BCUT2D eigenvalue weighted by Gasteiger charge is -2.15. The van der Waals surface area contributed by atoms with E-state index in [4.69, 9.17) is 0 Å². The highest BCUT2D eigenvalue weighted by Crippen LogP contribution is 2.20. The minimum Gasteiger partial charge on any atom is -0.341 e. The van der Waals surface area contributed by atoms with E-state index in [-0.39, 0.29) is 11.9 Å². The number of carbonyl (C=O) groups excluding carboxylic acids is 1. The van der Waals surface area contributed by atoms with E-state index in [0.717, 1.165) is 17.3 Å². The van der Waals surface area contributed by atoms with Gasteiger partial charge in [-0.15, -0.1) is 11.3 Å². The van der Waals surface area contributed by atoms with Gasteiger partial charge in [0.15, 0.2) is 0 Å². The molecule has 2 rings (SSSR count). The van der Waals surface area contributed by atoms with Gasteiger partial charge in [-0.25, -0.2) is 9.97 Å². The summed E-state index contributed by atoms with van der Waals surface area (Å²) >= 11 is 1.52. The number of nitrogens with one attached hydrogen (secondary N) is 1. The van der Waals surface area contributed by atoms with Crippen LogP contribution in [0.5, 0.6) is 0 Å². The number of aryl methyl sites for hydroxylation is 1. The van der Waals surface area contributed by atoms with Crippen LogP contribution in [0.3, 0.4) is 0 Å². The van der Waals surface area contributed by atoms with Gasteiger partial charge in [0.05, 0.1) is 11.0 Å². The molecule has 2 heterocycles. The minimum absolute atomic E-state index is 0.154. The van der Waals surface area contributed by atoms with Crippen LogP contribution in [0.25, 0.3) is 0 Å². The Morgan fingerprint density at radius 2 is 2.25 bits per heavy atom. The van der Waals surface area contributed by atoms with Gasteiger partial charge < -0.3 is 5.32 Å². The molecule has 0 aromatic carbocycles. The topological polar surface area (TPSA) is 72.7 Å². The van der Waals surface area contributed by atoms with Crippen LogP contribution < -0.4 is 5.32 Å². The lowest BCUT2D eigenvalue weighted by molar-refractivity contribution is 0.0928. The van der Waals surface area contributed by atoms with Crippen LogP contribution in [0, 0.1) is 0 Å². The zero-order chi connectivity index (χ0) is 14.7. The maximum Gasteiger partial charge on any atom is 0.271 e. The molecule has 2 aromatic heterocycles. The molecule has 108 valence electrons. The molecule has 0 aliphatic rings. The first kappa shape index (κ1) is 14.6. The number of thiazole rings is 1. The molecule has 7 heteroatoms. The van der Waals surface area contributed by atoms with E-state index in [1.807, 2.05) is 14.0 Å². The molecule has 1 unspecified atom stereocenters. The summed E-state index contributed by atoms with van der Waals surface area (Å²) in [7, 11) is 1.82. The molecule has 0 saturated heterocycles. The van der Waals surface area contributed by atoms with E-state index in [1.165, 1.54) is 17.7 Å². The molecule has 0 saturated carbocycles. The third-order valence-corrected chi connectivity index (χ3v) is 4.17. The molecule has 6 nitrogen and oxygen atoms in total. The zero-order valence-corrected chi connectivity index (χ0v) is 12.9. The highest BCUT2D eigenvalue weighted by molar-refractivity contribution is 7.09. The fourth-order valence-electron chi connectivity index (χ4n) is 1.86. The summed E-state index contributed by atoms with van der Waals surface area (Å²) in [6, 6.07) is -0.154. The van der Waals surface area contributed by atoms with Crippen molar-refractivity contribution >= 4 is 17.2 Å². The third kappa shape index (κ3) is 3.04. The number of hydrogen-bond acceptors (Lipinski definition) is 5. The van der Waals surface area contributed by atoms with Gasteiger partial charge >= 0.3 is 0 Å². The van der Waals surface area contributed by atoms with Crippen molar-refractivity contribution in [1.82, 2.24) is 25.1 Å². The molecule has 0 spiro atoms. The van der Waals surface area contributed by atoms with Gasteiger partial charge in [0.1, 0.15) is 17.8 Å². The average Bonchev–Trinajstić information content (AvgIpc) is 3.04. The molecule has 1 N–H and O–H groups in total. The maximum absolute atomic E-state index is 12.2. The van der Waals surface area contributed by atoms with Crippen molar-refractivity contribution in [2.45, 2.75) is 39.2 Å². The largest absolute Gasteiger partial charge is 0.341 e. The summed E-state index contributed by atoms with van der Waals surface area (Å²) in [5.41, 5.74) is 0.472. The van der Waals surface area contributed by atoms with Gasteiger partial charge in [-0.05, 0) is 6.42 Å². The molecule has 0 aliphatic carbocycles. The predicted molar refractivity (Wildman–Crippen MR) is 77.7 cm³/mol. The number of rotatable bonds is 5. The molecule has 0 radical (unpaired) electrons. The second-order valence-electron chi connectivity index (χ2n) is 4.90. The summed E-state index contributed by atoms with van der Waals surface area (Å²) in [6.07, 6.45) is 2.24. The van der Waals surface area contributed by atoms with Crippen LogP contribution in [0.2, 0.25) is 0 Å². The fraction of sp³-hybridized carbons (Fsp3) is 0.538. The maximum atomic E-state index is 12.2. The van der Waals surface area contributed by atoms with E-state index in [0.29, 0.717) is 11.6 Å². The van der Waals surface area contributed by atoms with E-state index in [1.54, 1.807) is 10.1 Å².